The summed E-state index contributed by atoms with van der Waals surface area (Å²) < 4.78 is 12.3. The Balaban J connectivity index is 2.51. The number of rotatable bonds is 2. The third-order valence-corrected chi connectivity index (χ3v) is 2.64. The maximum Gasteiger partial charge on any atom is 0.340 e. The van der Waals surface area contributed by atoms with E-state index < -0.39 is 5.60 Å². The van der Waals surface area contributed by atoms with Gasteiger partial charge in [-0.1, -0.05) is 0 Å². The summed E-state index contributed by atoms with van der Waals surface area (Å²) in [4.78, 5) is 16.5. The molecular weight excluding hydrogens is 244 g/mol. The van der Waals surface area contributed by atoms with Crippen LogP contribution in [0.3, 0.4) is 0 Å². The van der Waals surface area contributed by atoms with Crippen molar-refractivity contribution in [2.45, 2.75) is 26.4 Å². The predicted octanol–water partition coefficient (Wildman–Crippen LogP) is 2.54. The van der Waals surface area contributed by atoms with E-state index in [-0.39, 0.29) is 5.97 Å². The SMILES string of the molecule is COc1cnc2c(c1)c(C(=O)OC(C)(C)C)cn2C. The quantitative estimate of drug-likeness (QED) is 0.780. The van der Waals surface area contributed by atoms with Crippen molar-refractivity contribution in [3.63, 3.8) is 0 Å². The first-order valence-electron chi connectivity index (χ1n) is 6.04. The molecule has 2 rings (SSSR count). The van der Waals surface area contributed by atoms with Crippen molar-refractivity contribution in [1.82, 2.24) is 9.55 Å². The largest absolute Gasteiger partial charge is 0.495 e. The molecule has 0 aliphatic heterocycles. The number of carbonyl (C=O) groups is 1. The van der Waals surface area contributed by atoms with Crippen LogP contribution < -0.4 is 4.74 Å². The average Bonchev–Trinajstić information content (AvgIpc) is 2.64. The van der Waals surface area contributed by atoms with E-state index in [0.29, 0.717) is 11.3 Å². The van der Waals surface area contributed by atoms with Crippen LogP contribution in [0.1, 0.15) is 31.1 Å². The molecule has 0 fully saturated rings. The molecule has 0 aliphatic carbocycles. The van der Waals surface area contributed by atoms with Crippen LogP contribution in [-0.2, 0) is 11.8 Å². The highest BCUT2D eigenvalue weighted by atomic mass is 16.6. The van der Waals surface area contributed by atoms with Crippen molar-refractivity contribution in [2.75, 3.05) is 7.11 Å². The number of esters is 1. The highest BCUT2D eigenvalue weighted by Gasteiger charge is 2.22. The van der Waals surface area contributed by atoms with Gasteiger partial charge in [-0.2, -0.15) is 0 Å². The van der Waals surface area contributed by atoms with E-state index in [9.17, 15) is 4.79 Å². The van der Waals surface area contributed by atoms with E-state index in [1.165, 1.54) is 0 Å². The van der Waals surface area contributed by atoms with Gasteiger partial charge in [0, 0.05) is 18.6 Å². The van der Waals surface area contributed by atoms with Crippen LogP contribution in [0.25, 0.3) is 11.0 Å². The molecule has 102 valence electrons. The fourth-order valence-corrected chi connectivity index (χ4v) is 1.85. The Kier molecular flexibility index (Phi) is 3.22. The number of methoxy groups -OCH3 is 1. The number of aromatic nitrogens is 2. The van der Waals surface area contributed by atoms with Gasteiger partial charge in [0.15, 0.2) is 0 Å². The summed E-state index contributed by atoms with van der Waals surface area (Å²) in [5.41, 5.74) is 0.700. The summed E-state index contributed by atoms with van der Waals surface area (Å²) in [7, 11) is 3.41. The molecule has 0 aliphatic rings. The van der Waals surface area contributed by atoms with Gasteiger partial charge < -0.3 is 14.0 Å². The molecule has 2 aromatic rings. The molecule has 0 amide bonds. The normalized spacial score (nSPS) is 11.6. The standard InChI is InChI=1S/C14H18N2O3/c1-14(2,3)19-13(17)11-8-16(4)12-10(11)6-9(18-5)7-15-12/h6-8H,1-5H3. The van der Waals surface area contributed by atoms with E-state index >= 15 is 0 Å². The van der Waals surface area contributed by atoms with Crippen LogP contribution in [0.15, 0.2) is 18.5 Å². The second kappa shape index (κ2) is 4.57. The van der Waals surface area contributed by atoms with Crippen molar-refractivity contribution in [3.05, 3.63) is 24.0 Å². The zero-order valence-corrected chi connectivity index (χ0v) is 11.9. The Labute approximate surface area is 112 Å². The first-order chi connectivity index (χ1) is 8.81. The number of fused-ring (bicyclic) bond motifs is 1. The van der Waals surface area contributed by atoms with E-state index in [1.54, 1.807) is 30.1 Å². The molecule has 0 radical (unpaired) electrons. The van der Waals surface area contributed by atoms with Crippen LogP contribution in [0.4, 0.5) is 0 Å². The fourth-order valence-electron chi connectivity index (χ4n) is 1.85. The predicted molar refractivity (Wildman–Crippen MR) is 72.4 cm³/mol. The topological polar surface area (TPSA) is 53.4 Å². The minimum absolute atomic E-state index is 0.354. The third kappa shape index (κ3) is 2.70. The van der Waals surface area contributed by atoms with Gasteiger partial charge in [-0.3, -0.25) is 0 Å². The lowest BCUT2D eigenvalue weighted by molar-refractivity contribution is 0.00716. The molecule has 2 heterocycles. The number of aryl methyl sites for hydroxylation is 1. The molecule has 2 aromatic heterocycles. The van der Waals surface area contributed by atoms with Gasteiger partial charge in [0.1, 0.15) is 17.0 Å². The molecule has 5 heteroatoms. The van der Waals surface area contributed by atoms with E-state index in [1.807, 2.05) is 27.8 Å². The molecular formula is C14H18N2O3. The maximum atomic E-state index is 12.2. The van der Waals surface area contributed by atoms with E-state index in [4.69, 9.17) is 9.47 Å². The third-order valence-electron chi connectivity index (χ3n) is 2.64. The van der Waals surface area contributed by atoms with E-state index in [2.05, 4.69) is 4.98 Å². The summed E-state index contributed by atoms with van der Waals surface area (Å²) in [6, 6.07) is 1.79. The number of hydrogen-bond acceptors (Lipinski definition) is 4. The minimum Gasteiger partial charge on any atom is -0.495 e. The number of pyridine rings is 1. The summed E-state index contributed by atoms with van der Waals surface area (Å²) in [6.45, 7) is 5.53. The van der Waals surface area contributed by atoms with Crippen molar-refractivity contribution >= 4 is 17.0 Å². The zero-order valence-electron chi connectivity index (χ0n) is 11.9. The van der Waals surface area contributed by atoms with Crippen LogP contribution in [0.2, 0.25) is 0 Å². The van der Waals surface area contributed by atoms with Gasteiger partial charge in [0.25, 0.3) is 0 Å². The molecule has 0 N–H and O–H groups in total. The van der Waals surface area contributed by atoms with Gasteiger partial charge in [-0.15, -0.1) is 0 Å². The molecule has 0 saturated carbocycles. The summed E-state index contributed by atoms with van der Waals surface area (Å²) in [5, 5.41) is 0.732. The van der Waals surface area contributed by atoms with Crippen molar-refractivity contribution in [3.8, 4) is 5.75 Å². The lowest BCUT2D eigenvalue weighted by Crippen LogP contribution is -2.23. The Morgan fingerprint density at radius 1 is 1.37 bits per heavy atom. The molecule has 19 heavy (non-hydrogen) atoms. The van der Waals surface area contributed by atoms with Crippen LogP contribution >= 0.6 is 0 Å². The highest BCUT2D eigenvalue weighted by Crippen LogP contribution is 2.25. The number of carbonyl (C=O) groups excluding carboxylic acids is 1. The molecule has 0 unspecified atom stereocenters. The summed E-state index contributed by atoms with van der Waals surface area (Å²) >= 11 is 0. The molecule has 0 saturated heterocycles. The zero-order chi connectivity index (χ0) is 14.2. The Morgan fingerprint density at radius 2 is 2.05 bits per heavy atom. The van der Waals surface area contributed by atoms with Crippen LogP contribution in [-0.4, -0.2) is 28.2 Å². The first-order valence-corrected chi connectivity index (χ1v) is 6.04. The van der Waals surface area contributed by atoms with Gasteiger partial charge in [0.2, 0.25) is 0 Å². The first kappa shape index (κ1) is 13.4. The van der Waals surface area contributed by atoms with Crippen LogP contribution in [0.5, 0.6) is 5.75 Å². The lowest BCUT2D eigenvalue weighted by atomic mass is 10.1. The number of nitrogens with zero attached hydrogens (tertiary/aromatic N) is 2. The molecule has 0 bridgehead atoms. The maximum absolute atomic E-state index is 12.2. The number of hydrogen-bond donors (Lipinski definition) is 0. The lowest BCUT2D eigenvalue weighted by Gasteiger charge is -2.19. The molecule has 5 nitrogen and oxygen atoms in total. The number of ether oxygens (including phenoxy) is 2. The summed E-state index contributed by atoms with van der Waals surface area (Å²) in [6.07, 6.45) is 3.35. The Bertz CT molecular complexity index is 623. The monoisotopic (exact) mass is 262 g/mol. The van der Waals surface area contributed by atoms with Crippen molar-refractivity contribution in [2.24, 2.45) is 7.05 Å². The van der Waals surface area contributed by atoms with Gasteiger partial charge in [-0.25, -0.2) is 9.78 Å². The van der Waals surface area contributed by atoms with Gasteiger partial charge in [0.05, 0.1) is 18.9 Å². The molecule has 0 aromatic carbocycles. The summed E-state index contributed by atoms with van der Waals surface area (Å²) in [5.74, 6) is 0.261. The van der Waals surface area contributed by atoms with Crippen LogP contribution in [0, 0.1) is 0 Å². The van der Waals surface area contributed by atoms with Gasteiger partial charge >= 0.3 is 5.97 Å². The average molecular weight is 262 g/mol. The molecule has 0 atom stereocenters. The van der Waals surface area contributed by atoms with E-state index in [0.717, 1.165) is 11.0 Å². The Hall–Kier alpha value is -2.04. The van der Waals surface area contributed by atoms with Crippen molar-refractivity contribution < 1.29 is 14.3 Å². The fraction of sp³-hybridized carbons (Fsp3) is 0.429. The Morgan fingerprint density at radius 3 is 2.63 bits per heavy atom. The molecule has 0 spiro atoms. The second-order valence-electron chi connectivity index (χ2n) is 5.40. The smallest absolute Gasteiger partial charge is 0.340 e. The van der Waals surface area contributed by atoms with Crippen molar-refractivity contribution in [1.29, 1.82) is 0 Å². The second-order valence-corrected chi connectivity index (χ2v) is 5.40. The van der Waals surface area contributed by atoms with Gasteiger partial charge in [-0.05, 0) is 26.8 Å². The minimum atomic E-state index is -0.522. The highest BCUT2D eigenvalue weighted by molar-refractivity contribution is 6.03.